The number of carbonyl (C=O) groups is 2. The maximum Gasteiger partial charge on any atom is 2.00 e. The van der Waals surface area contributed by atoms with Crippen molar-refractivity contribution in [2.75, 3.05) is 6.61 Å². The van der Waals surface area contributed by atoms with E-state index in [1.807, 2.05) is 0 Å². The molecule has 0 aromatic rings. The molecule has 0 bridgehead atoms. The number of carboxylic acid groups (broad SMARTS) is 2. The summed E-state index contributed by atoms with van der Waals surface area (Å²) in [6, 6.07) is 0. The summed E-state index contributed by atoms with van der Waals surface area (Å²) in [5.41, 5.74) is 0. The van der Waals surface area contributed by atoms with Gasteiger partial charge in [-0.05, 0) is 6.42 Å². The zero-order valence-electron chi connectivity index (χ0n) is 7.23. The number of rotatable bonds is 3. The fourth-order valence-electron chi connectivity index (χ4n) is 0.167. The van der Waals surface area contributed by atoms with Gasteiger partial charge in [-0.25, -0.2) is 0 Å². The quantitative estimate of drug-likeness (QED) is 0.448. The summed E-state index contributed by atoms with van der Waals surface area (Å²) >= 11 is 0. The Bertz CT molecular complexity index is 148. The van der Waals surface area contributed by atoms with Crippen LogP contribution in [0.3, 0.4) is 0 Å². The Morgan fingerprint density at radius 3 is 1.69 bits per heavy atom. The van der Waals surface area contributed by atoms with Gasteiger partial charge in [0.15, 0.2) is 0 Å². The van der Waals surface area contributed by atoms with Crippen LogP contribution in [0, 0.1) is 0 Å². The van der Waals surface area contributed by atoms with Crippen LogP contribution in [0.5, 0.6) is 0 Å². The Labute approximate surface area is 91.3 Å². The third-order valence-corrected chi connectivity index (χ3v) is 0.788. The molecule has 0 aromatic carbocycles. The number of aliphatic hydroxyl groups excluding tert-OH is 2. The number of aliphatic hydroxyl groups is 2. The van der Waals surface area contributed by atoms with Crippen molar-refractivity contribution in [2.24, 2.45) is 0 Å². The van der Waals surface area contributed by atoms with Gasteiger partial charge >= 0.3 is 23.1 Å². The molecule has 0 aliphatic carbocycles. The van der Waals surface area contributed by atoms with Crippen LogP contribution >= 0.6 is 0 Å². The molecule has 0 rings (SSSR count). The normalized spacial score (nSPS) is 10.1. The average Bonchev–Trinajstić information content (AvgIpc) is 2.04. The number of carboxylic acids is 2. The van der Waals surface area contributed by atoms with Crippen molar-refractivity contribution in [3.63, 3.8) is 0 Å². The Morgan fingerprint density at radius 1 is 1.38 bits per heavy atom. The minimum atomic E-state index is -1.44. The van der Waals surface area contributed by atoms with Gasteiger partial charge in [0.1, 0.15) is 0 Å². The molecular formula is C6H10MgO6. The molecule has 0 aromatic heterocycles. The van der Waals surface area contributed by atoms with E-state index in [0.717, 1.165) is 0 Å². The molecule has 0 amide bonds. The smallest absolute Gasteiger partial charge is 0.548 e. The van der Waals surface area contributed by atoms with Crippen LogP contribution in [0.2, 0.25) is 0 Å². The molecule has 13 heavy (non-hydrogen) atoms. The number of carbonyl (C=O) groups excluding carboxylic acids is 2. The molecule has 0 saturated heterocycles. The molecule has 1 atom stereocenters. The second kappa shape index (κ2) is 11.6. The van der Waals surface area contributed by atoms with E-state index in [0.29, 0.717) is 0 Å². The van der Waals surface area contributed by atoms with E-state index in [4.69, 9.17) is 20.1 Å². The van der Waals surface area contributed by atoms with E-state index in [1.54, 1.807) is 6.92 Å². The Kier molecular flexibility index (Phi) is 16.5. The van der Waals surface area contributed by atoms with Crippen LogP contribution in [0.25, 0.3) is 0 Å². The monoisotopic (exact) mass is 202 g/mol. The van der Waals surface area contributed by atoms with Crippen molar-refractivity contribution in [3.8, 4) is 0 Å². The third-order valence-electron chi connectivity index (χ3n) is 0.788. The van der Waals surface area contributed by atoms with Gasteiger partial charge in [-0.15, -0.1) is 0 Å². The Balaban J connectivity index is -0.000000150. The van der Waals surface area contributed by atoms with Gasteiger partial charge in [0.2, 0.25) is 0 Å². The largest absolute Gasteiger partial charge is 2.00 e. The molecule has 0 aliphatic heterocycles. The van der Waals surface area contributed by atoms with Crippen LogP contribution < -0.4 is 10.2 Å². The SMILES string of the molecule is CCC(O)C(=O)[O-].O=C([O-])CO.[Mg+2]. The van der Waals surface area contributed by atoms with E-state index in [1.165, 1.54) is 0 Å². The first-order valence-electron chi connectivity index (χ1n) is 3.15. The van der Waals surface area contributed by atoms with Crippen molar-refractivity contribution in [3.05, 3.63) is 0 Å². The van der Waals surface area contributed by atoms with Crippen molar-refractivity contribution in [2.45, 2.75) is 19.4 Å². The maximum atomic E-state index is 9.57. The van der Waals surface area contributed by atoms with E-state index in [9.17, 15) is 9.90 Å². The van der Waals surface area contributed by atoms with Gasteiger partial charge in [0.25, 0.3) is 0 Å². The molecular weight excluding hydrogens is 192 g/mol. The van der Waals surface area contributed by atoms with Crippen LogP contribution in [-0.4, -0.2) is 57.9 Å². The Hall–Kier alpha value is -0.374. The number of hydrogen-bond donors (Lipinski definition) is 2. The van der Waals surface area contributed by atoms with Gasteiger partial charge < -0.3 is 30.0 Å². The molecule has 6 nitrogen and oxygen atoms in total. The second-order valence-electron chi connectivity index (χ2n) is 1.77. The molecule has 0 heterocycles. The van der Waals surface area contributed by atoms with Gasteiger partial charge in [-0.3, -0.25) is 0 Å². The summed E-state index contributed by atoms with van der Waals surface area (Å²) in [6.07, 6.45) is -1.08. The van der Waals surface area contributed by atoms with Crippen molar-refractivity contribution < 1.29 is 30.0 Å². The number of aliphatic carboxylic acids is 2. The first-order valence-corrected chi connectivity index (χ1v) is 3.15. The summed E-state index contributed by atoms with van der Waals surface area (Å²) < 4.78 is 0. The van der Waals surface area contributed by atoms with Gasteiger partial charge in [0, 0.05) is 0 Å². The summed E-state index contributed by atoms with van der Waals surface area (Å²) in [7, 11) is 0. The fraction of sp³-hybridized carbons (Fsp3) is 0.667. The summed E-state index contributed by atoms with van der Waals surface area (Å²) in [5.74, 6) is -2.84. The summed E-state index contributed by atoms with van der Waals surface area (Å²) in [4.78, 5) is 18.6. The fourth-order valence-corrected chi connectivity index (χ4v) is 0.167. The zero-order chi connectivity index (χ0) is 10.1. The van der Waals surface area contributed by atoms with E-state index < -0.39 is 24.6 Å². The Morgan fingerprint density at radius 2 is 1.69 bits per heavy atom. The molecule has 0 fully saturated rings. The van der Waals surface area contributed by atoms with Crippen LogP contribution in [0.1, 0.15) is 13.3 Å². The van der Waals surface area contributed by atoms with Gasteiger partial charge in [-0.1, -0.05) is 6.92 Å². The molecule has 0 aliphatic rings. The van der Waals surface area contributed by atoms with E-state index in [-0.39, 0.29) is 29.5 Å². The van der Waals surface area contributed by atoms with Crippen molar-refractivity contribution in [1.82, 2.24) is 0 Å². The van der Waals surface area contributed by atoms with Crippen molar-refractivity contribution in [1.29, 1.82) is 0 Å². The molecule has 0 saturated carbocycles. The third kappa shape index (κ3) is 18.5. The summed E-state index contributed by atoms with van der Waals surface area (Å²) in [6.45, 7) is 0.681. The first kappa shape index (κ1) is 18.4. The van der Waals surface area contributed by atoms with Crippen LogP contribution in [0.4, 0.5) is 0 Å². The van der Waals surface area contributed by atoms with E-state index >= 15 is 0 Å². The molecule has 0 radical (unpaired) electrons. The van der Waals surface area contributed by atoms with Gasteiger partial charge in [-0.2, -0.15) is 0 Å². The predicted molar refractivity (Wildman–Crippen MR) is 39.2 cm³/mol. The standard InChI is InChI=1S/C4H8O3.C2H4O3.Mg/c1-2-3(5)4(6)7;3-1-2(4)5;/h3,5H,2H2,1H3,(H,6,7);3H,1H2,(H,4,5);/q;;+2/p-2. The second-order valence-corrected chi connectivity index (χ2v) is 1.77. The average molecular weight is 202 g/mol. The predicted octanol–water partition coefficient (Wildman–Crippen LogP) is -4.14. The molecule has 72 valence electrons. The van der Waals surface area contributed by atoms with Crippen molar-refractivity contribution >= 4 is 35.0 Å². The molecule has 2 N–H and O–H groups in total. The first-order chi connectivity index (χ1) is 5.45. The molecule has 0 spiro atoms. The topological polar surface area (TPSA) is 121 Å². The van der Waals surface area contributed by atoms with Crippen LogP contribution in [-0.2, 0) is 9.59 Å². The minimum Gasteiger partial charge on any atom is -0.548 e. The van der Waals surface area contributed by atoms with E-state index in [2.05, 4.69) is 0 Å². The minimum absolute atomic E-state index is 0. The molecule has 7 heteroatoms. The molecule has 1 unspecified atom stereocenters. The van der Waals surface area contributed by atoms with Gasteiger partial charge in [0.05, 0.1) is 24.6 Å². The maximum absolute atomic E-state index is 9.57. The summed E-state index contributed by atoms with van der Waals surface area (Å²) in [5, 5.41) is 34.3. The number of hydrogen-bond acceptors (Lipinski definition) is 6. The van der Waals surface area contributed by atoms with Crippen LogP contribution in [0.15, 0.2) is 0 Å². The zero-order valence-corrected chi connectivity index (χ0v) is 8.64.